The van der Waals surface area contributed by atoms with Crippen LogP contribution in [0.5, 0.6) is 0 Å². The Bertz CT molecular complexity index is 1030. The van der Waals surface area contributed by atoms with Gasteiger partial charge in [0, 0.05) is 6.26 Å². The maximum Gasteiger partial charge on any atom is 0.311 e. The Labute approximate surface area is 143 Å². The zero-order valence-corrected chi connectivity index (χ0v) is 14.0. The van der Waals surface area contributed by atoms with Crippen molar-refractivity contribution in [3.05, 3.63) is 71.0 Å². The molecule has 128 valence electrons. The smallest absolute Gasteiger partial charge is 0.311 e. The highest BCUT2D eigenvalue weighted by atomic mass is 32.2. The summed E-state index contributed by atoms with van der Waals surface area (Å²) in [5, 5.41) is 18.4. The lowest BCUT2D eigenvalue weighted by molar-refractivity contribution is -0.386. The van der Waals surface area contributed by atoms with Crippen LogP contribution in [0, 0.1) is 10.1 Å². The van der Waals surface area contributed by atoms with Gasteiger partial charge in [-0.05, 0) is 24.3 Å². The fraction of sp³-hybridized carbons (Fsp3) is 0.0625. The Kier molecular flexibility index (Phi) is 4.24. The SMILES string of the molecule is CS(=O)(=O)c1cccc(Nc2cnn(-c3ccccc3)c2)c1[N+](=O)[O-]. The van der Waals surface area contributed by atoms with Gasteiger partial charge in [0.25, 0.3) is 0 Å². The number of rotatable bonds is 5. The van der Waals surface area contributed by atoms with Crippen molar-refractivity contribution in [1.82, 2.24) is 9.78 Å². The molecule has 25 heavy (non-hydrogen) atoms. The Balaban J connectivity index is 1.99. The fourth-order valence-corrected chi connectivity index (χ4v) is 3.24. The van der Waals surface area contributed by atoms with Gasteiger partial charge in [-0.1, -0.05) is 24.3 Å². The average Bonchev–Trinajstić information content (AvgIpc) is 3.03. The lowest BCUT2D eigenvalue weighted by Gasteiger charge is -2.07. The van der Waals surface area contributed by atoms with E-state index in [1.165, 1.54) is 24.4 Å². The van der Waals surface area contributed by atoms with E-state index >= 15 is 0 Å². The van der Waals surface area contributed by atoms with Gasteiger partial charge in [-0.15, -0.1) is 0 Å². The molecule has 1 heterocycles. The highest BCUT2D eigenvalue weighted by Gasteiger charge is 2.26. The molecule has 0 radical (unpaired) electrons. The molecule has 0 aliphatic carbocycles. The molecule has 0 aliphatic heterocycles. The number of sulfone groups is 1. The summed E-state index contributed by atoms with van der Waals surface area (Å²) in [6.45, 7) is 0. The van der Waals surface area contributed by atoms with Crippen LogP contribution in [0.2, 0.25) is 0 Å². The van der Waals surface area contributed by atoms with E-state index in [0.29, 0.717) is 5.69 Å². The number of nitrogens with one attached hydrogen (secondary N) is 1. The topological polar surface area (TPSA) is 107 Å². The number of hydrogen-bond acceptors (Lipinski definition) is 6. The van der Waals surface area contributed by atoms with Gasteiger partial charge in [0.2, 0.25) is 0 Å². The minimum atomic E-state index is -3.73. The number of benzene rings is 2. The Morgan fingerprint density at radius 1 is 1.12 bits per heavy atom. The molecule has 0 amide bonds. The lowest BCUT2D eigenvalue weighted by Crippen LogP contribution is -2.05. The van der Waals surface area contributed by atoms with E-state index in [9.17, 15) is 18.5 Å². The summed E-state index contributed by atoms with van der Waals surface area (Å²) in [7, 11) is -3.73. The van der Waals surface area contributed by atoms with Crippen molar-refractivity contribution < 1.29 is 13.3 Å². The molecule has 0 saturated carbocycles. The van der Waals surface area contributed by atoms with Gasteiger partial charge in [0.05, 0.1) is 28.7 Å². The lowest BCUT2D eigenvalue weighted by atomic mass is 10.2. The zero-order chi connectivity index (χ0) is 18.0. The molecular weight excluding hydrogens is 344 g/mol. The van der Waals surface area contributed by atoms with Crippen molar-refractivity contribution in [1.29, 1.82) is 0 Å². The van der Waals surface area contributed by atoms with Gasteiger partial charge < -0.3 is 5.32 Å². The molecule has 1 aromatic heterocycles. The van der Waals surface area contributed by atoms with E-state index < -0.39 is 20.4 Å². The molecule has 2 aromatic carbocycles. The first-order valence-electron chi connectivity index (χ1n) is 7.21. The number of para-hydroxylation sites is 2. The molecule has 0 fully saturated rings. The predicted octanol–water partition coefficient (Wildman–Crippen LogP) is 2.93. The quantitative estimate of drug-likeness (QED) is 0.555. The van der Waals surface area contributed by atoms with Crippen LogP contribution in [-0.4, -0.2) is 29.4 Å². The normalized spacial score (nSPS) is 11.2. The van der Waals surface area contributed by atoms with Crippen LogP contribution in [0.1, 0.15) is 0 Å². The summed E-state index contributed by atoms with van der Waals surface area (Å²) in [5.41, 5.74) is 0.922. The average molecular weight is 358 g/mol. The Morgan fingerprint density at radius 3 is 2.48 bits per heavy atom. The number of aromatic nitrogens is 2. The van der Waals surface area contributed by atoms with E-state index in [2.05, 4.69) is 10.4 Å². The van der Waals surface area contributed by atoms with Crippen molar-refractivity contribution in [3.8, 4) is 5.69 Å². The molecule has 3 rings (SSSR count). The first-order chi connectivity index (χ1) is 11.9. The van der Waals surface area contributed by atoms with Crippen molar-refractivity contribution >= 4 is 26.9 Å². The van der Waals surface area contributed by atoms with E-state index in [1.54, 1.807) is 10.9 Å². The molecule has 3 aromatic rings. The largest absolute Gasteiger partial charge is 0.347 e. The van der Waals surface area contributed by atoms with E-state index in [0.717, 1.165) is 11.9 Å². The van der Waals surface area contributed by atoms with Gasteiger partial charge in [0.1, 0.15) is 10.6 Å². The zero-order valence-electron chi connectivity index (χ0n) is 13.2. The third kappa shape index (κ3) is 3.50. The summed E-state index contributed by atoms with van der Waals surface area (Å²) in [6, 6.07) is 13.5. The number of hydrogen-bond donors (Lipinski definition) is 1. The molecule has 0 bridgehead atoms. The number of nitrogens with zero attached hydrogens (tertiary/aromatic N) is 3. The van der Waals surface area contributed by atoms with Gasteiger partial charge >= 0.3 is 5.69 Å². The molecule has 0 saturated heterocycles. The second kappa shape index (κ2) is 6.36. The summed E-state index contributed by atoms with van der Waals surface area (Å²) < 4.78 is 25.2. The minimum Gasteiger partial charge on any atom is -0.347 e. The van der Waals surface area contributed by atoms with Crippen LogP contribution >= 0.6 is 0 Å². The Morgan fingerprint density at radius 2 is 1.84 bits per heavy atom. The van der Waals surface area contributed by atoms with Crippen LogP contribution in [0.3, 0.4) is 0 Å². The second-order valence-electron chi connectivity index (χ2n) is 5.32. The van der Waals surface area contributed by atoms with Crippen molar-refractivity contribution in [2.24, 2.45) is 0 Å². The molecule has 9 heteroatoms. The van der Waals surface area contributed by atoms with Gasteiger partial charge in [0.15, 0.2) is 9.84 Å². The van der Waals surface area contributed by atoms with Crippen LogP contribution in [0.4, 0.5) is 17.1 Å². The minimum absolute atomic E-state index is 0.0838. The summed E-state index contributed by atoms with van der Waals surface area (Å²) in [6.07, 6.45) is 4.10. The van der Waals surface area contributed by atoms with Crippen molar-refractivity contribution in [2.45, 2.75) is 4.90 Å². The van der Waals surface area contributed by atoms with Crippen LogP contribution in [0.25, 0.3) is 5.69 Å². The highest BCUT2D eigenvalue weighted by Crippen LogP contribution is 2.33. The number of nitro groups is 1. The van der Waals surface area contributed by atoms with Gasteiger partial charge in [-0.25, -0.2) is 13.1 Å². The summed E-state index contributed by atoms with van der Waals surface area (Å²) >= 11 is 0. The maximum absolute atomic E-state index is 11.8. The number of anilines is 2. The molecule has 0 atom stereocenters. The fourth-order valence-electron chi connectivity index (χ4n) is 2.38. The monoisotopic (exact) mass is 358 g/mol. The van der Waals surface area contributed by atoms with Crippen LogP contribution < -0.4 is 5.32 Å². The summed E-state index contributed by atoms with van der Waals surface area (Å²) in [5.74, 6) is 0. The van der Waals surface area contributed by atoms with Crippen molar-refractivity contribution in [2.75, 3.05) is 11.6 Å². The Hall–Kier alpha value is -3.20. The summed E-state index contributed by atoms with van der Waals surface area (Å²) in [4.78, 5) is 10.3. The van der Waals surface area contributed by atoms with E-state index in [4.69, 9.17) is 0 Å². The first-order valence-corrected chi connectivity index (χ1v) is 9.10. The molecular formula is C16H14N4O4S. The second-order valence-corrected chi connectivity index (χ2v) is 7.30. The van der Waals surface area contributed by atoms with E-state index in [-0.39, 0.29) is 10.6 Å². The van der Waals surface area contributed by atoms with Gasteiger partial charge in [-0.2, -0.15) is 5.10 Å². The molecule has 0 unspecified atom stereocenters. The molecule has 0 spiro atoms. The van der Waals surface area contributed by atoms with Crippen molar-refractivity contribution in [3.63, 3.8) is 0 Å². The third-order valence-corrected chi connectivity index (χ3v) is 4.59. The predicted molar refractivity (Wildman–Crippen MR) is 93.1 cm³/mol. The maximum atomic E-state index is 11.8. The number of nitro benzene ring substituents is 1. The van der Waals surface area contributed by atoms with E-state index in [1.807, 2.05) is 30.3 Å². The standard InChI is InChI=1S/C16H14N4O4S/c1-25(23,24)15-9-5-8-14(16(15)20(21)22)18-12-10-17-19(11-12)13-6-3-2-4-7-13/h2-11,18H,1H3. The molecule has 0 aliphatic rings. The van der Waals surface area contributed by atoms with Crippen LogP contribution in [-0.2, 0) is 9.84 Å². The first kappa shape index (κ1) is 16.7. The van der Waals surface area contributed by atoms with Crippen LogP contribution in [0.15, 0.2) is 65.8 Å². The van der Waals surface area contributed by atoms with Gasteiger partial charge in [-0.3, -0.25) is 10.1 Å². The molecule has 1 N–H and O–H groups in total. The highest BCUT2D eigenvalue weighted by molar-refractivity contribution is 7.90. The third-order valence-electron chi connectivity index (χ3n) is 3.46. The molecule has 8 nitrogen and oxygen atoms in total.